The second-order valence-corrected chi connectivity index (χ2v) is 10.3. The number of ether oxygens (including phenoxy) is 1. The molecule has 1 heterocycles. The Balaban J connectivity index is 1.40. The first-order chi connectivity index (χ1) is 15.8. The zero-order valence-corrected chi connectivity index (χ0v) is 19.7. The summed E-state index contributed by atoms with van der Waals surface area (Å²) in [4.78, 5) is 24.6. The number of carbonyl (C=O) groups excluding carboxylic acids is 2. The van der Waals surface area contributed by atoms with Gasteiger partial charge in [0, 0.05) is 18.7 Å². The number of sulfonamides is 1. The van der Waals surface area contributed by atoms with Gasteiger partial charge < -0.3 is 4.74 Å². The van der Waals surface area contributed by atoms with Crippen LogP contribution < -0.4 is 0 Å². The summed E-state index contributed by atoms with van der Waals surface area (Å²) in [7, 11) is -3.71. The third kappa shape index (κ3) is 5.12. The minimum absolute atomic E-state index is 0.0883. The Kier molecular flexibility index (Phi) is 6.86. The van der Waals surface area contributed by atoms with Crippen LogP contribution in [0.25, 0.3) is 0 Å². The average Bonchev–Trinajstić information content (AvgIpc) is 2.83. The van der Waals surface area contributed by atoms with Gasteiger partial charge in [-0.3, -0.25) is 4.79 Å². The smallest absolute Gasteiger partial charge is 0.338 e. The first-order valence-electron chi connectivity index (χ1n) is 10.1. The largest absolute Gasteiger partial charge is 0.454 e. The maximum atomic E-state index is 13.0. The molecule has 0 aromatic heterocycles. The van der Waals surface area contributed by atoms with Crippen LogP contribution in [0.4, 0.5) is 0 Å². The quantitative estimate of drug-likeness (QED) is 0.357. The highest BCUT2D eigenvalue weighted by molar-refractivity contribution is 7.89. The van der Waals surface area contributed by atoms with Gasteiger partial charge in [-0.25, -0.2) is 13.2 Å². The highest BCUT2D eigenvalue weighted by Crippen LogP contribution is 2.25. The normalized spacial score (nSPS) is 13.9. The second-order valence-electron chi connectivity index (χ2n) is 7.51. The number of ketones is 1. The van der Waals surface area contributed by atoms with Gasteiger partial charge in [-0.1, -0.05) is 47.5 Å². The summed E-state index contributed by atoms with van der Waals surface area (Å²) < 4.78 is 32.6. The van der Waals surface area contributed by atoms with Crippen LogP contribution >= 0.6 is 23.2 Å². The number of Topliss-reactive ketones (excluding diaryl/α,β-unsaturated/α-hetero) is 1. The van der Waals surface area contributed by atoms with E-state index in [-0.39, 0.29) is 21.0 Å². The van der Waals surface area contributed by atoms with Crippen LogP contribution in [0.2, 0.25) is 10.0 Å². The highest BCUT2D eigenvalue weighted by Gasteiger charge is 2.28. The number of rotatable bonds is 6. The van der Waals surface area contributed by atoms with Crippen LogP contribution in [0.15, 0.2) is 71.6 Å². The monoisotopic (exact) mass is 503 g/mol. The molecule has 0 saturated heterocycles. The van der Waals surface area contributed by atoms with E-state index in [0.717, 1.165) is 11.1 Å². The first-order valence-corrected chi connectivity index (χ1v) is 12.3. The molecule has 0 aliphatic carbocycles. The summed E-state index contributed by atoms with van der Waals surface area (Å²) in [5.74, 6) is -1.18. The molecule has 3 aromatic carbocycles. The lowest BCUT2D eigenvalue weighted by Crippen LogP contribution is -2.35. The number of halogens is 2. The molecule has 170 valence electrons. The van der Waals surface area contributed by atoms with E-state index in [9.17, 15) is 18.0 Å². The van der Waals surface area contributed by atoms with Crippen LogP contribution in [-0.4, -0.2) is 37.6 Å². The molecule has 0 amide bonds. The van der Waals surface area contributed by atoms with Crippen LogP contribution in [0.1, 0.15) is 31.8 Å². The molecule has 4 rings (SSSR count). The molecule has 0 saturated carbocycles. The van der Waals surface area contributed by atoms with Gasteiger partial charge in [-0.15, -0.1) is 0 Å². The Labute approximate surface area is 201 Å². The number of hydrogen-bond donors (Lipinski definition) is 0. The van der Waals surface area contributed by atoms with Gasteiger partial charge in [0.25, 0.3) is 0 Å². The van der Waals surface area contributed by atoms with E-state index in [1.807, 2.05) is 24.3 Å². The Morgan fingerprint density at radius 2 is 1.55 bits per heavy atom. The standard InChI is InChI=1S/C24H19Cl2NO5S/c25-21-10-7-18(13-22(21)26)23(28)15-32-24(29)17-5-8-20(9-6-17)33(30,31)27-12-11-16-3-1-2-4-19(16)14-27/h1-10,13H,11-12,14-15H2. The predicted octanol–water partition coefficient (Wildman–Crippen LogP) is 4.78. The van der Waals surface area contributed by atoms with E-state index in [1.165, 1.54) is 46.8 Å². The van der Waals surface area contributed by atoms with Crippen molar-refractivity contribution in [2.45, 2.75) is 17.9 Å². The number of hydrogen-bond acceptors (Lipinski definition) is 5. The Morgan fingerprint density at radius 1 is 0.879 bits per heavy atom. The van der Waals surface area contributed by atoms with Crippen molar-refractivity contribution >= 4 is 45.0 Å². The molecule has 0 bridgehead atoms. The number of nitrogens with zero attached hydrogens (tertiary/aromatic N) is 1. The maximum Gasteiger partial charge on any atom is 0.338 e. The summed E-state index contributed by atoms with van der Waals surface area (Å²) in [6, 6.07) is 17.6. The van der Waals surface area contributed by atoms with Gasteiger partial charge in [0.15, 0.2) is 12.4 Å². The summed E-state index contributed by atoms with van der Waals surface area (Å²) in [5, 5.41) is 0.539. The Hall–Kier alpha value is -2.71. The number of carbonyl (C=O) groups is 2. The fourth-order valence-corrected chi connectivity index (χ4v) is 5.27. The fourth-order valence-electron chi connectivity index (χ4n) is 3.55. The zero-order chi connectivity index (χ0) is 23.6. The number of fused-ring (bicyclic) bond motifs is 1. The van der Waals surface area contributed by atoms with E-state index in [0.29, 0.717) is 24.5 Å². The molecule has 0 unspecified atom stereocenters. The molecule has 0 N–H and O–H groups in total. The molecule has 3 aromatic rings. The van der Waals surface area contributed by atoms with E-state index in [1.54, 1.807) is 0 Å². The average molecular weight is 504 g/mol. The molecule has 0 radical (unpaired) electrons. The van der Waals surface area contributed by atoms with Gasteiger partial charge in [0.1, 0.15) is 0 Å². The number of esters is 1. The second kappa shape index (κ2) is 9.65. The van der Waals surface area contributed by atoms with Crippen molar-refractivity contribution in [1.82, 2.24) is 4.31 Å². The zero-order valence-electron chi connectivity index (χ0n) is 17.3. The van der Waals surface area contributed by atoms with Crippen LogP contribution in [0.5, 0.6) is 0 Å². The molecule has 0 atom stereocenters. The third-order valence-corrected chi connectivity index (χ3v) is 8.00. The Bertz CT molecular complexity index is 1320. The van der Waals surface area contributed by atoms with E-state index >= 15 is 0 Å². The van der Waals surface area contributed by atoms with Crippen LogP contribution in [0, 0.1) is 0 Å². The predicted molar refractivity (Wildman–Crippen MR) is 125 cm³/mol. The molecule has 33 heavy (non-hydrogen) atoms. The first kappa shape index (κ1) is 23.4. The molecule has 6 nitrogen and oxygen atoms in total. The van der Waals surface area contributed by atoms with Gasteiger partial charge in [0.05, 0.1) is 20.5 Å². The lowest BCUT2D eigenvalue weighted by molar-refractivity contribution is 0.0474. The van der Waals surface area contributed by atoms with E-state index < -0.39 is 28.4 Å². The van der Waals surface area contributed by atoms with Gasteiger partial charge in [-0.2, -0.15) is 4.31 Å². The summed E-state index contributed by atoms with van der Waals surface area (Å²) in [6.45, 7) is 0.211. The highest BCUT2D eigenvalue weighted by atomic mass is 35.5. The summed E-state index contributed by atoms with van der Waals surface area (Å²) in [5.41, 5.74) is 2.54. The molecule has 0 fully saturated rings. The van der Waals surface area contributed by atoms with Crippen molar-refractivity contribution in [1.29, 1.82) is 0 Å². The lowest BCUT2D eigenvalue weighted by atomic mass is 10.0. The van der Waals surface area contributed by atoms with Crippen molar-refractivity contribution in [3.05, 3.63) is 99.0 Å². The molecular formula is C24H19Cl2NO5S. The molecule has 1 aliphatic rings. The molecular weight excluding hydrogens is 485 g/mol. The van der Waals surface area contributed by atoms with Crippen molar-refractivity contribution in [3.8, 4) is 0 Å². The van der Waals surface area contributed by atoms with Crippen LogP contribution in [0.3, 0.4) is 0 Å². The Morgan fingerprint density at radius 3 is 2.24 bits per heavy atom. The topological polar surface area (TPSA) is 80.8 Å². The van der Waals surface area contributed by atoms with Gasteiger partial charge in [-0.05, 0) is 60.0 Å². The SMILES string of the molecule is O=C(COC(=O)c1ccc(S(=O)(=O)N2CCc3ccccc3C2)cc1)c1ccc(Cl)c(Cl)c1. The molecule has 0 spiro atoms. The molecule has 9 heteroatoms. The van der Waals surface area contributed by atoms with Crippen molar-refractivity contribution in [2.24, 2.45) is 0 Å². The fraction of sp³-hybridized carbons (Fsp3) is 0.167. The minimum atomic E-state index is -3.71. The van der Waals surface area contributed by atoms with Gasteiger partial charge >= 0.3 is 5.97 Å². The van der Waals surface area contributed by atoms with Crippen LogP contribution in [-0.2, 0) is 27.7 Å². The summed E-state index contributed by atoms with van der Waals surface area (Å²) >= 11 is 11.7. The molecule has 1 aliphatic heterocycles. The lowest BCUT2D eigenvalue weighted by Gasteiger charge is -2.28. The van der Waals surface area contributed by atoms with Crippen molar-refractivity contribution in [2.75, 3.05) is 13.2 Å². The maximum absolute atomic E-state index is 13.0. The van der Waals surface area contributed by atoms with Gasteiger partial charge in [0.2, 0.25) is 10.0 Å². The van der Waals surface area contributed by atoms with Crippen molar-refractivity contribution in [3.63, 3.8) is 0 Å². The van der Waals surface area contributed by atoms with E-state index in [2.05, 4.69) is 0 Å². The van der Waals surface area contributed by atoms with E-state index in [4.69, 9.17) is 27.9 Å². The minimum Gasteiger partial charge on any atom is -0.454 e. The van der Waals surface area contributed by atoms with Crippen molar-refractivity contribution < 1.29 is 22.7 Å². The number of benzene rings is 3. The third-order valence-electron chi connectivity index (χ3n) is 5.40. The summed E-state index contributed by atoms with van der Waals surface area (Å²) in [6.07, 6.45) is 0.646.